The topological polar surface area (TPSA) is 96.2 Å². The number of aliphatic carboxylic acids is 1. The van der Waals surface area contributed by atoms with Crippen molar-refractivity contribution in [3.05, 3.63) is 12.4 Å². The summed E-state index contributed by atoms with van der Waals surface area (Å²) in [5.74, 6) is -0.755. The number of aromatic nitrogens is 2. The molecule has 20 heavy (non-hydrogen) atoms. The monoisotopic (exact) mass is 282 g/mol. The number of carbonyl (C=O) groups is 2. The molecule has 0 aliphatic heterocycles. The molecular formula is C13H22N4O3. The number of amides is 2. The molecule has 0 atom stereocenters. The van der Waals surface area contributed by atoms with Crippen molar-refractivity contribution in [2.75, 3.05) is 11.9 Å². The molecule has 0 spiro atoms. The molecule has 112 valence electrons. The van der Waals surface area contributed by atoms with Crippen LogP contribution in [0.5, 0.6) is 0 Å². The van der Waals surface area contributed by atoms with Crippen molar-refractivity contribution in [1.82, 2.24) is 15.1 Å². The highest BCUT2D eigenvalue weighted by atomic mass is 16.4. The number of carboxylic acid groups (broad SMARTS) is 1. The van der Waals surface area contributed by atoms with Gasteiger partial charge in [-0.25, -0.2) is 4.79 Å². The van der Waals surface area contributed by atoms with Crippen LogP contribution in [0, 0.1) is 0 Å². The molecule has 1 aromatic rings. The molecule has 0 fully saturated rings. The number of carboxylic acids is 1. The van der Waals surface area contributed by atoms with Gasteiger partial charge in [0.1, 0.15) is 0 Å². The van der Waals surface area contributed by atoms with Crippen molar-refractivity contribution in [3.8, 4) is 0 Å². The first-order chi connectivity index (χ1) is 9.61. The summed E-state index contributed by atoms with van der Waals surface area (Å²) in [6.07, 6.45) is 6.93. The number of anilines is 1. The van der Waals surface area contributed by atoms with E-state index in [1.165, 1.54) is 0 Å². The molecule has 0 unspecified atom stereocenters. The minimum atomic E-state index is -0.755. The number of urea groups is 1. The van der Waals surface area contributed by atoms with Crippen molar-refractivity contribution in [1.29, 1.82) is 0 Å². The van der Waals surface area contributed by atoms with Crippen LogP contribution in [0.4, 0.5) is 10.5 Å². The van der Waals surface area contributed by atoms with E-state index in [0.29, 0.717) is 18.7 Å². The van der Waals surface area contributed by atoms with Gasteiger partial charge in [-0.2, -0.15) is 5.10 Å². The predicted molar refractivity (Wildman–Crippen MR) is 75.6 cm³/mol. The predicted octanol–water partition coefficient (Wildman–Crippen LogP) is 2.06. The van der Waals surface area contributed by atoms with Crippen LogP contribution < -0.4 is 10.6 Å². The van der Waals surface area contributed by atoms with E-state index in [2.05, 4.69) is 15.7 Å². The fourth-order valence-corrected chi connectivity index (χ4v) is 1.73. The molecule has 0 bridgehead atoms. The van der Waals surface area contributed by atoms with Crippen molar-refractivity contribution in [2.45, 2.75) is 45.6 Å². The van der Waals surface area contributed by atoms with Gasteiger partial charge in [0.05, 0.1) is 11.9 Å². The normalized spacial score (nSPS) is 10.2. The number of aryl methyl sites for hydroxylation is 1. The molecule has 0 radical (unpaired) electrons. The highest BCUT2D eigenvalue weighted by Crippen LogP contribution is 2.04. The van der Waals surface area contributed by atoms with Gasteiger partial charge in [0.2, 0.25) is 0 Å². The Morgan fingerprint density at radius 3 is 2.70 bits per heavy atom. The van der Waals surface area contributed by atoms with Crippen molar-refractivity contribution in [2.24, 2.45) is 0 Å². The van der Waals surface area contributed by atoms with E-state index in [-0.39, 0.29) is 12.5 Å². The van der Waals surface area contributed by atoms with Gasteiger partial charge >= 0.3 is 12.0 Å². The highest BCUT2D eigenvalue weighted by molar-refractivity contribution is 5.88. The minimum absolute atomic E-state index is 0.218. The zero-order chi connectivity index (χ0) is 14.8. The fourth-order valence-electron chi connectivity index (χ4n) is 1.73. The fraction of sp³-hybridized carbons (Fsp3) is 0.615. The quantitative estimate of drug-likeness (QED) is 0.604. The van der Waals surface area contributed by atoms with E-state index in [1.807, 2.05) is 6.92 Å². The number of hydrogen-bond acceptors (Lipinski definition) is 3. The van der Waals surface area contributed by atoms with Crippen LogP contribution in [0.3, 0.4) is 0 Å². The second kappa shape index (κ2) is 8.95. The lowest BCUT2D eigenvalue weighted by atomic mass is 10.1. The van der Waals surface area contributed by atoms with Gasteiger partial charge in [-0.1, -0.05) is 12.8 Å². The third-order valence-corrected chi connectivity index (χ3v) is 2.82. The van der Waals surface area contributed by atoms with E-state index in [1.54, 1.807) is 17.1 Å². The van der Waals surface area contributed by atoms with Crippen LogP contribution in [0.2, 0.25) is 0 Å². The first kappa shape index (κ1) is 16.0. The van der Waals surface area contributed by atoms with Crippen molar-refractivity contribution < 1.29 is 14.7 Å². The largest absolute Gasteiger partial charge is 0.481 e. The van der Waals surface area contributed by atoms with Gasteiger partial charge < -0.3 is 15.7 Å². The summed E-state index contributed by atoms with van der Waals surface area (Å²) < 4.78 is 1.73. The number of rotatable bonds is 9. The smallest absolute Gasteiger partial charge is 0.319 e. The lowest BCUT2D eigenvalue weighted by Gasteiger charge is -2.05. The number of carbonyl (C=O) groups excluding carboxylic acids is 1. The Morgan fingerprint density at radius 2 is 2.05 bits per heavy atom. The van der Waals surface area contributed by atoms with Gasteiger partial charge in [0.15, 0.2) is 0 Å². The summed E-state index contributed by atoms with van der Waals surface area (Å²) in [5.41, 5.74) is 0.672. The molecule has 1 rings (SSSR count). The minimum Gasteiger partial charge on any atom is -0.481 e. The van der Waals surface area contributed by atoms with Crippen LogP contribution in [0.25, 0.3) is 0 Å². The van der Waals surface area contributed by atoms with Crippen molar-refractivity contribution in [3.63, 3.8) is 0 Å². The van der Waals surface area contributed by atoms with Gasteiger partial charge in [-0.05, 0) is 19.8 Å². The molecule has 0 aromatic carbocycles. The Morgan fingerprint density at radius 1 is 1.30 bits per heavy atom. The van der Waals surface area contributed by atoms with Crippen LogP contribution in [-0.4, -0.2) is 33.4 Å². The third kappa shape index (κ3) is 6.77. The number of nitrogens with one attached hydrogen (secondary N) is 2. The Hall–Kier alpha value is -2.05. The number of hydrogen-bond donors (Lipinski definition) is 3. The zero-order valence-electron chi connectivity index (χ0n) is 11.8. The Balaban J connectivity index is 2.04. The lowest BCUT2D eigenvalue weighted by molar-refractivity contribution is -0.137. The maximum absolute atomic E-state index is 11.6. The second-order valence-corrected chi connectivity index (χ2v) is 4.52. The summed E-state index contributed by atoms with van der Waals surface area (Å²) in [5, 5.41) is 18.0. The van der Waals surface area contributed by atoms with E-state index >= 15 is 0 Å². The Labute approximate surface area is 118 Å². The lowest BCUT2D eigenvalue weighted by Crippen LogP contribution is -2.29. The van der Waals surface area contributed by atoms with E-state index in [0.717, 1.165) is 25.8 Å². The molecule has 1 aromatic heterocycles. The van der Waals surface area contributed by atoms with Crippen LogP contribution in [0.1, 0.15) is 39.0 Å². The van der Waals surface area contributed by atoms with Gasteiger partial charge in [0.25, 0.3) is 0 Å². The molecule has 0 saturated carbocycles. The van der Waals surface area contributed by atoms with Crippen LogP contribution >= 0.6 is 0 Å². The summed E-state index contributed by atoms with van der Waals surface area (Å²) >= 11 is 0. The van der Waals surface area contributed by atoms with Crippen LogP contribution in [0.15, 0.2) is 12.4 Å². The Kier molecular flexibility index (Phi) is 7.16. The molecule has 7 nitrogen and oxygen atoms in total. The summed E-state index contributed by atoms with van der Waals surface area (Å²) in [7, 11) is 0. The first-order valence-corrected chi connectivity index (χ1v) is 6.91. The molecule has 0 aliphatic carbocycles. The van der Waals surface area contributed by atoms with Gasteiger partial charge in [-0.3, -0.25) is 9.48 Å². The van der Waals surface area contributed by atoms with Crippen molar-refractivity contribution >= 4 is 17.7 Å². The van der Waals surface area contributed by atoms with Crippen LogP contribution in [-0.2, 0) is 11.3 Å². The highest BCUT2D eigenvalue weighted by Gasteiger charge is 2.03. The average Bonchev–Trinajstić information content (AvgIpc) is 2.85. The Bertz CT molecular complexity index is 431. The molecule has 0 saturated heterocycles. The molecule has 3 N–H and O–H groups in total. The third-order valence-electron chi connectivity index (χ3n) is 2.82. The number of nitrogens with zero attached hydrogens (tertiary/aromatic N) is 2. The zero-order valence-corrected chi connectivity index (χ0v) is 11.8. The maximum atomic E-state index is 11.6. The average molecular weight is 282 g/mol. The van der Waals surface area contributed by atoms with E-state index in [4.69, 9.17) is 5.11 Å². The SMILES string of the molecule is CCn1cc(NC(=O)NCCCCCCC(=O)O)cn1. The standard InChI is InChI=1S/C13H22N4O3/c1-2-17-10-11(9-15-17)16-13(20)14-8-6-4-3-5-7-12(18)19/h9-10H,2-8H2,1H3,(H,18,19)(H2,14,16,20). The van der Waals surface area contributed by atoms with E-state index < -0.39 is 5.97 Å². The number of unbranched alkanes of at least 4 members (excludes halogenated alkanes) is 3. The maximum Gasteiger partial charge on any atom is 0.319 e. The molecular weight excluding hydrogens is 260 g/mol. The first-order valence-electron chi connectivity index (χ1n) is 6.91. The summed E-state index contributed by atoms with van der Waals surface area (Å²) in [6.45, 7) is 3.32. The molecule has 0 aliphatic rings. The molecule has 1 heterocycles. The summed E-state index contributed by atoms with van der Waals surface area (Å²) in [6, 6.07) is -0.244. The second-order valence-electron chi connectivity index (χ2n) is 4.52. The van der Waals surface area contributed by atoms with E-state index in [9.17, 15) is 9.59 Å². The summed E-state index contributed by atoms with van der Waals surface area (Å²) in [4.78, 5) is 21.9. The molecule has 2 amide bonds. The van der Waals surface area contributed by atoms with Gasteiger partial charge in [0, 0.05) is 25.7 Å². The molecule has 7 heteroatoms. The van der Waals surface area contributed by atoms with Gasteiger partial charge in [-0.15, -0.1) is 0 Å².